The van der Waals surface area contributed by atoms with Crippen LogP contribution in [-0.2, 0) is 11.3 Å². The third-order valence-corrected chi connectivity index (χ3v) is 6.09. The molecule has 2 aromatic rings. The lowest BCUT2D eigenvalue weighted by molar-refractivity contribution is -0.133. The van der Waals surface area contributed by atoms with E-state index in [0.29, 0.717) is 6.54 Å². The molecule has 2 bridgehead atoms. The molecule has 2 atom stereocenters. The van der Waals surface area contributed by atoms with Crippen molar-refractivity contribution in [1.29, 1.82) is 0 Å². The largest absolute Gasteiger partial charge is 0.476 e. The summed E-state index contributed by atoms with van der Waals surface area (Å²) in [6.07, 6.45) is 2.98. The van der Waals surface area contributed by atoms with E-state index in [-0.39, 0.29) is 45.8 Å². The highest BCUT2D eigenvalue weighted by molar-refractivity contribution is 6.01. The molecule has 1 saturated carbocycles. The molecule has 1 aliphatic carbocycles. The van der Waals surface area contributed by atoms with Gasteiger partial charge in [0.25, 0.3) is 5.56 Å². The first kappa shape index (κ1) is 18.7. The van der Waals surface area contributed by atoms with Crippen molar-refractivity contribution in [3.05, 3.63) is 40.3 Å². The van der Waals surface area contributed by atoms with Crippen LogP contribution < -0.4 is 5.56 Å². The monoisotopic (exact) mass is 383 g/mol. The van der Waals surface area contributed by atoms with E-state index in [4.69, 9.17) is 0 Å². The lowest BCUT2D eigenvalue weighted by Crippen LogP contribution is -2.41. The van der Waals surface area contributed by atoms with E-state index in [0.717, 1.165) is 23.9 Å². The van der Waals surface area contributed by atoms with Crippen LogP contribution >= 0.6 is 0 Å². The number of fused-ring (bicyclic) bond motifs is 3. The number of aromatic carboxylic acids is 1. The van der Waals surface area contributed by atoms with E-state index in [1.165, 1.54) is 0 Å². The number of carbonyl (C=O) groups is 2. The second-order valence-corrected chi connectivity index (χ2v) is 9.40. The highest BCUT2D eigenvalue weighted by Gasteiger charge is 2.50. The zero-order valence-electron chi connectivity index (χ0n) is 16.4. The fourth-order valence-electron chi connectivity index (χ4n) is 5.47. The zero-order valence-corrected chi connectivity index (χ0v) is 16.4. The van der Waals surface area contributed by atoms with Gasteiger partial charge in [0.1, 0.15) is 6.54 Å². The average Bonchev–Trinajstić information content (AvgIpc) is 2.86. The van der Waals surface area contributed by atoms with E-state index in [1.807, 2.05) is 4.90 Å². The summed E-state index contributed by atoms with van der Waals surface area (Å²) in [7, 11) is 0. The van der Waals surface area contributed by atoms with Crippen molar-refractivity contribution in [2.24, 2.45) is 10.8 Å². The summed E-state index contributed by atoms with van der Waals surface area (Å²) < 4.78 is 1.00. The fraction of sp³-hybridized carbons (Fsp3) is 0.524. The van der Waals surface area contributed by atoms with Gasteiger partial charge in [-0.05, 0) is 36.2 Å². The summed E-state index contributed by atoms with van der Waals surface area (Å²) in [5, 5.41) is 14.0. The number of carboxylic acid groups (broad SMARTS) is 1. The summed E-state index contributed by atoms with van der Waals surface area (Å²) in [6.45, 7) is 7.13. The van der Waals surface area contributed by atoms with Gasteiger partial charge < -0.3 is 10.0 Å². The number of hydrogen-bond acceptors (Lipinski definition) is 4. The molecule has 7 nitrogen and oxygen atoms in total. The Morgan fingerprint density at radius 1 is 1.18 bits per heavy atom. The normalized spacial score (nSPS) is 25.8. The maximum atomic E-state index is 13.1. The summed E-state index contributed by atoms with van der Waals surface area (Å²) in [5.74, 6) is -1.39. The second kappa shape index (κ2) is 6.15. The summed E-state index contributed by atoms with van der Waals surface area (Å²) in [5.41, 5.74) is -0.379. The number of likely N-dealkylation sites (tertiary alicyclic amines) is 1. The molecule has 0 unspecified atom stereocenters. The van der Waals surface area contributed by atoms with Crippen LogP contribution in [-0.4, -0.2) is 44.3 Å². The van der Waals surface area contributed by atoms with Gasteiger partial charge in [-0.3, -0.25) is 9.59 Å². The van der Waals surface area contributed by atoms with E-state index in [9.17, 15) is 19.5 Å². The number of amides is 1. The molecule has 1 amide bonds. The number of aromatic nitrogens is 2. The standard InChI is InChI=1S/C21H25N3O4/c1-20(2)8-13-9-21(3,11-20)12-23(13)16(25)10-24-18(26)15-7-5-4-6-14(15)17(22-24)19(27)28/h4-7,13H,8-12H2,1-3H3,(H,27,28)/t13-,21+/m0/s1. The van der Waals surface area contributed by atoms with Crippen molar-refractivity contribution >= 4 is 22.6 Å². The van der Waals surface area contributed by atoms with Crippen LogP contribution in [0.15, 0.2) is 29.1 Å². The minimum Gasteiger partial charge on any atom is -0.476 e. The van der Waals surface area contributed by atoms with Crippen molar-refractivity contribution in [1.82, 2.24) is 14.7 Å². The minimum absolute atomic E-state index is 0.0933. The van der Waals surface area contributed by atoms with Gasteiger partial charge in [0, 0.05) is 18.0 Å². The molecule has 1 aliphatic heterocycles. The quantitative estimate of drug-likeness (QED) is 0.879. The van der Waals surface area contributed by atoms with E-state index >= 15 is 0 Å². The lowest BCUT2D eigenvalue weighted by atomic mass is 9.65. The van der Waals surface area contributed by atoms with Crippen molar-refractivity contribution in [2.45, 2.75) is 52.6 Å². The number of carbonyl (C=O) groups excluding carboxylic acids is 1. The molecule has 0 radical (unpaired) electrons. The molecule has 4 rings (SSSR count). The highest BCUT2D eigenvalue weighted by Crippen LogP contribution is 2.52. The zero-order chi connectivity index (χ0) is 20.3. The third-order valence-electron chi connectivity index (χ3n) is 6.09. The first-order valence-electron chi connectivity index (χ1n) is 9.61. The number of carboxylic acids is 1. The summed E-state index contributed by atoms with van der Waals surface area (Å²) >= 11 is 0. The van der Waals surface area contributed by atoms with E-state index < -0.39 is 11.5 Å². The third kappa shape index (κ3) is 3.08. The van der Waals surface area contributed by atoms with Gasteiger partial charge in [-0.15, -0.1) is 0 Å². The first-order chi connectivity index (χ1) is 13.1. The number of hydrogen-bond donors (Lipinski definition) is 1. The first-order valence-corrected chi connectivity index (χ1v) is 9.61. The van der Waals surface area contributed by atoms with Crippen LogP contribution in [0.3, 0.4) is 0 Å². The Morgan fingerprint density at radius 2 is 1.86 bits per heavy atom. The van der Waals surface area contributed by atoms with Crippen LogP contribution in [0.25, 0.3) is 10.8 Å². The fourth-order valence-corrected chi connectivity index (χ4v) is 5.47. The SMILES string of the molecule is CC1(C)C[C@H]2C[C@@](C)(CN2C(=O)Cn2nc(C(=O)O)c3ccccc3c2=O)C1. The Labute approximate surface area is 163 Å². The molecule has 7 heteroatoms. The molecular formula is C21H25N3O4. The smallest absolute Gasteiger partial charge is 0.357 e. The number of nitrogens with zero attached hydrogens (tertiary/aromatic N) is 3. The van der Waals surface area contributed by atoms with Crippen LogP contribution in [0.5, 0.6) is 0 Å². The number of rotatable bonds is 3. The molecule has 1 aromatic heterocycles. The van der Waals surface area contributed by atoms with Crippen molar-refractivity contribution in [2.75, 3.05) is 6.54 Å². The predicted octanol–water partition coefficient (Wildman–Crippen LogP) is 2.52. The molecule has 2 fully saturated rings. The Morgan fingerprint density at radius 3 is 2.54 bits per heavy atom. The van der Waals surface area contributed by atoms with Crippen molar-refractivity contribution in [3.8, 4) is 0 Å². The van der Waals surface area contributed by atoms with Gasteiger partial charge in [-0.25, -0.2) is 9.48 Å². The molecule has 2 heterocycles. The Hall–Kier alpha value is -2.70. The summed E-state index contributed by atoms with van der Waals surface area (Å²) in [4.78, 5) is 39.3. The number of benzene rings is 1. The van der Waals surface area contributed by atoms with Gasteiger partial charge in [-0.1, -0.05) is 39.0 Å². The maximum absolute atomic E-state index is 13.1. The van der Waals surface area contributed by atoms with E-state index in [2.05, 4.69) is 25.9 Å². The highest BCUT2D eigenvalue weighted by atomic mass is 16.4. The minimum atomic E-state index is -1.22. The topological polar surface area (TPSA) is 92.5 Å². The Kier molecular flexibility index (Phi) is 4.10. The molecule has 1 N–H and O–H groups in total. The molecular weight excluding hydrogens is 358 g/mol. The van der Waals surface area contributed by atoms with Gasteiger partial charge in [0.2, 0.25) is 5.91 Å². The van der Waals surface area contributed by atoms with Gasteiger partial charge >= 0.3 is 5.97 Å². The van der Waals surface area contributed by atoms with Crippen LogP contribution in [0.4, 0.5) is 0 Å². The Bertz CT molecular complexity index is 1040. The van der Waals surface area contributed by atoms with Crippen LogP contribution in [0, 0.1) is 10.8 Å². The second-order valence-electron chi connectivity index (χ2n) is 9.40. The molecule has 1 saturated heterocycles. The molecule has 28 heavy (non-hydrogen) atoms. The molecule has 1 aromatic carbocycles. The molecule has 0 spiro atoms. The Balaban J connectivity index is 1.68. The molecule has 2 aliphatic rings. The maximum Gasteiger partial charge on any atom is 0.357 e. The van der Waals surface area contributed by atoms with Crippen LogP contribution in [0.1, 0.15) is 50.5 Å². The van der Waals surface area contributed by atoms with Gasteiger partial charge in [-0.2, -0.15) is 5.10 Å². The van der Waals surface area contributed by atoms with Crippen molar-refractivity contribution in [3.63, 3.8) is 0 Å². The van der Waals surface area contributed by atoms with Gasteiger partial charge in [0.05, 0.1) is 5.39 Å². The van der Waals surface area contributed by atoms with Crippen molar-refractivity contribution < 1.29 is 14.7 Å². The van der Waals surface area contributed by atoms with Crippen LogP contribution in [0.2, 0.25) is 0 Å². The molecule has 148 valence electrons. The average molecular weight is 383 g/mol. The predicted molar refractivity (Wildman–Crippen MR) is 104 cm³/mol. The van der Waals surface area contributed by atoms with E-state index in [1.54, 1.807) is 24.3 Å². The lowest BCUT2D eigenvalue weighted by Gasteiger charge is -2.39. The van der Waals surface area contributed by atoms with Gasteiger partial charge in [0.15, 0.2) is 5.69 Å². The summed E-state index contributed by atoms with van der Waals surface area (Å²) in [6, 6.07) is 6.63.